The summed E-state index contributed by atoms with van der Waals surface area (Å²) in [5.41, 5.74) is 2.05. The van der Waals surface area contributed by atoms with E-state index < -0.39 is 0 Å². The van der Waals surface area contributed by atoms with Gasteiger partial charge in [-0.05, 0) is 36.4 Å². The fourth-order valence-corrected chi connectivity index (χ4v) is 3.99. The number of halogens is 1. The summed E-state index contributed by atoms with van der Waals surface area (Å²) >= 11 is 2.88. The van der Waals surface area contributed by atoms with Crippen LogP contribution in [0.15, 0.2) is 63.0 Å². The maximum absolute atomic E-state index is 13.0. The van der Waals surface area contributed by atoms with Crippen LogP contribution in [0.4, 0.5) is 4.39 Å². The summed E-state index contributed by atoms with van der Waals surface area (Å²) in [5, 5.41) is 10.5. The summed E-state index contributed by atoms with van der Waals surface area (Å²) in [4.78, 5) is 16.9. The lowest BCUT2D eigenvalue weighted by Gasteiger charge is -2.02. The van der Waals surface area contributed by atoms with Crippen LogP contribution >= 0.6 is 23.1 Å². The van der Waals surface area contributed by atoms with Crippen LogP contribution in [0.5, 0.6) is 0 Å². The van der Waals surface area contributed by atoms with E-state index in [-0.39, 0.29) is 11.4 Å². The molecule has 25 heavy (non-hydrogen) atoms. The molecule has 2 aromatic carbocycles. The quantitative estimate of drug-likeness (QED) is 0.511. The number of aromatic nitrogens is 4. The first-order valence-corrected chi connectivity index (χ1v) is 9.24. The lowest BCUT2D eigenvalue weighted by atomic mass is 10.2. The molecule has 0 saturated carbocycles. The second-order valence-electron chi connectivity index (χ2n) is 5.19. The fourth-order valence-electron chi connectivity index (χ4n) is 2.30. The Morgan fingerprint density at radius 1 is 1.12 bits per heavy atom. The van der Waals surface area contributed by atoms with E-state index in [0.717, 1.165) is 15.6 Å². The molecule has 0 amide bonds. The third-order valence-corrected chi connectivity index (χ3v) is 5.55. The molecule has 0 bridgehead atoms. The molecule has 0 atom stereocenters. The largest absolute Gasteiger partial charge is 0.278 e. The molecule has 0 aliphatic rings. The average molecular weight is 370 g/mol. The van der Waals surface area contributed by atoms with Crippen LogP contribution in [0, 0.1) is 5.82 Å². The van der Waals surface area contributed by atoms with Gasteiger partial charge in [-0.15, -0.1) is 16.4 Å². The van der Waals surface area contributed by atoms with E-state index in [1.54, 1.807) is 30.3 Å². The lowest BCUT2D eigenvalue weighted by Crippen LogP contribution is -2.23. The third-order valence-electron chi connectivity index (χ3n) is 3.56. The highest BCUT2D eigenvalue weighted by atomic mass is 32.2. The van der Waals surface area contributed by atoms with Gasteiger partial charge in [-0.2, -0.15) is 4.68 Å². The fraction of sp³-hybridized carbons (Fsp3) is 0.0588. The number of hydrogen-bond acceptors (Lipinski definition) is 6. The number of hydrogen-bond donors (Lipinski definition) is 0. The standard InChI is InChI=1S/C17H11FN4OS2/c18-12-7-5-11(6-8-12)15-9-24-17(19-15)25-10-22-16(23)13-3-1-2-4-14(13)20-21-22/h1-9H,10H2. The van der Waals surface area contributed by atoms with Crippen molar-refractivity contribution in [1.82, 2.24) is 20.0 Å². The summed E-state index contributed by atoms with van der Waals surface area (Å²) in [6.45, 7) is 0. The zero-order chi connectivity index (χ0) is 17.2. The Kier molecular flexibility index (Phi) is 4.29. The van der Waals surface area contributed by atoms with Crippen molar-refractivity contribution < 1.29 is 4.39 Å². The van der Waals surface area contributed by atoms with Gasteiger partial charge in [0.1, 0.15) is 11.3 Å². The molecule has 0 aliphatic carbocycles. The van der Waals surface area contributed by atoms with Gasteiger partial charge >= 0.3 is 0 Å². The molecule has 5 nitrogen and oxygen atoms in total. The maximum Gasteiger partial charge on any atom is 0.278 e. The molecule has 0 fully saturated rings. The van der Waals surface area contributed by atoms with Crippen molar-refractivity contribution >= 4 is 34.0 Å². The normalized spacial score (nSPS) is 11.1. The van der Waals surface area contributed by atoms with Gasteiger partial charge in [0.05, 0.1) is 17.0 Å². The van der Waals surface area contributed by atoms with Crippen molar-refractivity contribution in [2.24, 2.45) is 0 Å². The lowest BCUT2D eigenvalue weighted by molar-refractivity contribution is 0.628. The first-order chi connectivity index (χ1) is 12.2. The Morgan fingerprint density at radius 3 is 2.76 bits per heavy atom. The third kappa shape index (κ3) is 3.31. The van der Waals surface area contributed by atoms with Crippen molar-refractivity contribution in [3.63, 3.8) is 0 Å². The van der Waals surface area contributed by atoms with Crippen molar-refractivity contribution in [3.8, 4) is 11.3 Å². The van der Waals surface area contributed by atoms with Crippen LogP contribution in [0.1, 0.15) is 0 Å². The van der Waals surface area contributed by atoms with Gasteiger partial charge in [0, 0.05) is 10.9 Å². The Balaban J connectivity index is 1.53. The van der Waals surface area contributed by atoms with E-state index in [1.807, 2.05) is 11.4 Å². The van der Waals surface area contributed by atoms with E-state index in [4.69, 9.17) is 0 Å². The maximum atomic E-state index is 13.0. The van der Waals surface area contributed by atoms with Gasteiger partial charge < -0.3 is 0 Å². The highest BCUT2D eigenvalue weighted by molar-refractivity contribution is 8.00. The number of benzene rings is 2. The van der Waals surface area contributed by atoms with Crippen molar-refractivity contribution in [3.05, 3.63) is 70.1 Å². The highest BCUT2D eigenvalue weighted by Gasteiger charge is 2.08. The zero-order valence-electron chi connectivity index (χ0n) is 12.8. The molecule has 0 saturated heterocycles. The topological polar surface area (TPSA) is 60.7 Å². The molecule has 4 rings (SSSR count). The molecule has 4 aromatic rings. The minimum atomic E-state index is -0.275. The van der Waals surface area contributed by atoms with E-state index >= 15 is 0 Å². The van der Waals surface area contributed by atoms with Gasteiger partial charge in [0.15, 0.2) is 4.34 Å². The van der Waals surface area contributed by atoms with Gasteiger partial charge in [-0.1, -0.05) is 29.1 Å². The number of nitrogens with zero attached hydrogens (tertiary/aromatic N) is 4. The predicted octanol–water partition coefficient (Wildman–Crippen LogP) is 3.80. The van der Waals surface area contributed by atoms with Gasteiger partial charge in [-0.25, -0.2) is 9.37 Å². The Hall–Kier alpha value is -2.58. The summed E-state index contributed by atoms with van der Waals surface area (Å²) in [6.07, 6.45) is 0. The summed E-state index contributed by atoms with van der Waals surface area (Å²) in [7, 11) is 0. The number of fused-ring (bicyclic) bond motifs is 1. The second kappa shape index (κ2) is 6.73. The summed E-state index contributed by atoms with van der Waals surface area (Å²) in [6, 6.07) is 13.3. The van der Waals surface area contributed by atoms with Crippen LogP contribution in [-0.4, -0.2) is 20.0 Å². The van der Waals surface area contributed by atoms with Crippen LogP contribution in [0.3, 0.4) is 0 Å². The molecule has 0 spiro atoms. The van der Waals surface area contributed by atoms with Crippen LogP contribution in [0.2, 0.25) is 0 Å². The Morgan fingerprint density at radius 2 is 1.92 bits per heavy atom. The minimum absolute atomic E-state index is 0.173. The number of thiazole rings is 1. The smallest absolute Gasteiger partial charge is 0.267 e. The van der Waals surface area contributed by atoms with E-state index in [9.17, 15) is 9.18 Å². The molecule has 124 valence electrons. The van der Waals surface area contributed by atoms with Crippen LogP contribution in [0.25, 0.3) is 22.2 Å². The van der Waals surface area contributed by atoms with Crippen molar-refractivity contribution in [2.75, 3.05) is 0 Å². The summed E-state index contributed by atoms with van der Waals surface area (Å²) < 4.78 is 15.1. The monoisotopic (exact) mass is 370 g/mol. The van der Waals surface area contributed by atoms with Gasteiger partial charge in [-0.3, -0.25) is 4.79 Å². The molecular weight excluding hydrogens is 359 g/mol. The molecule has 0 radical (unpaired) electrons. The molecule has 0 unspecified atom stereocenters. The molecular formula is C17H11FN4OS2. The highest BCUT2D eigenvalue weighted by Crippen LogP contribution is 2.28. The van der Waals surface area contributed by atoms with E-state index in [2.05, 4.69) is 15.3 Å². The van der Waals surface area contributed by atoms with Crippen molar-refractivity contribution in [1.29, 1.82) is 0 Å². The van der Waals surface area contributed by atoms with Crippen LogP contribution < -0.4 is 5.56 Å². The SMILES string of the molecule is O=c1c2ccccc2nnn1CSc1nc(-c2ccc(F)cc2)cs1. The molecule has 2 aromatic heterocycles. The molecule has 0 aliphatic heterocycles. The van der Waals surface area contributed by atoms with Gasteiger partial charge in [0.25, 0.3) is 5.56 Å². The Labute approximate surface area is 150 Å². The zero-order valence-corrected chi connectivity index (χ0v) is 14.4. The molecule has 8 heteroatoms. The van der Waals surface area contributed by atoms with Crippen molar-refractivity contribution in [2.45, 2.75) is 10.2 Å². The average Bonchev–Trinajstić information content (AvgIpc) is 3.11. The van der Waals surface area contributed by atoms with E-state index in [1.165, 1.54) is 39.9 Å². The molecule has 2 heterocycles. The number of thioether (sulfide) groups is 1. The number of rotatable bonds is 4. The van der Waals surface area contributed by atoms with E-state index in [0.29, 0.717) is 16.8 Å². The second-order valence-corrected chi connectivity index (χ2v) is 7.24. The summed E-state index contributed by atoms with van der Waals surface area (Å²) in [5.74, 6) is 0.0513. The van der Waals surface area contributed by atoms with Crippen LogP contribution in [-0.2, 0) is 5.88 Å². The first kappa shape index (κ1) is 15.9. The Bertz CT molecular complexity index is 1090. The van der Waals surface area contributed by atoms with Gasteiger partial charge in [0.2, 0.25) is 0 Å². The first-order valence-electron chi connectivity index (χ1n) is 7.37. The minimum Gasteiger partial charge on any atom is -0.267 e. The molecule has 0 N–H and O–H groups in total. The predicted molar refractivity (Wildman–Crippen MR) is 97.2 cm³/mol.